The number of fused-ring (bicyclic) bond motifs is 1. The number of esters is 1. The fourth-order valence-corrected chi connectivity index (χ4v) is 5.65. The van der Waals surface area contributed by atoms with E-state index in [2.05, 4.69) is 11.6 Å². The van der Waals surface area contributed by atoms with Gasteiger partial charge >= 0.3 is 5.97 Å². The third-order valence-corrected chi connectivity index (χ3v) is 6.85. The Kier molecular flexibility index (Phi) is 4.64. The van der Waals surface area contributed by atoms with E-state index in [-0.39, 0.29) is 4.90 Å². The molecule has 1 aliphatic carbocycles. The highest BCUT2D eigenvalue weighted by atomic mass is 32.2. The van der Waals surface area contributed by atoms with Gasteiger partial charge in [0.2, 0.25) is 0 Å². The van der Waals surface area contributed by atoms with Crippen LogP contribution in [-0.4, -0.2) is 21.5 Å². The Morgan fingerprint density at radius 1 is 1.29 bits per heavy atom. The molecule has 24 heavy (non-hydrogen) atoms. The molecule has 3 rings (SSSR count). The van der Waals surface area contributed by atoms with Gasteiger partial charge in [0.25, 0.3) is 10.0 Å². The summed E-state index contributed by atoms with van der Waals surface area (Å²) in [6.45, 7) is 2.16. The predicted octanol–water partition coefficient (Wildman–Crippen LogP) is 3.46. The van der Waals surface area contributed by atoms with Crippen LogP contribution >= 0.6 is 11.3 Å². The summed E-state index contributed by atoms with van der Waals surface area (Å²) in [6.07, 6.45) is 2.61. The van der Waals surface area contributed by atoms with Crippen LogP contribution < -0.4 is 4.72 Å². The SMILES string of the molecule is COC(=O)c1c(NS(=O)(=O)c2ccccc2)sc2c1CC[C@H](C)C2. The number of methoxy groups -OCH3 is 1. The first-order valence-electron chi connectivity index (χ1n) is 7.73. The number of ether oxygens (including phenoxy) is 1. The topological polar surface area (TPSA) is 72.5 Å². The van der Waals surface area contributed by atoms with E-state index in [1.54, 1.807) is 18.2 Å². The fraction of sp³-hybridized carbons (Fsp3) is 0.353. The Hall–Kier alpha value is -1.86. The number of carbonyl (C=O) groups excluding carboxylic acids is 1. The number of thiophene rings is 1. The number of sulfonamides is 1. The number of nitrogens with one attached hydrogen (secondary N) is 1. The Balaban J connectivity index is 2.03. The van der Waals surface area contributed by atoms with Crippen LogP contribution in [0.25, 0.3) is 0 Å². The van der Waals surface area contributed by atoms with Crippen molar-refractivity contribution in [2.75, 3.05) is 11.8 Å². The first kappa shape index (κ1) is 17.0. The van der Waals surface area contributed by atoms with Gasteiger partial charge in [0, 0.05) is 4.88 Å². The third-order valence-electron chi connectivity index (χ3n) is 4.18. The number of hydrogen-bond donors (Lipinski definition) is 1. The number of benzene rings is 1. The van der Waals surface area contributed by atoms with Crippen molar-refractivity contribution in [1.29, 1.82) is 0 Å². The molecule has 1 aromatic heterocycles. The van der Waals surface area contributed by atoms with E-state index in [0.717, 1.165) is 29.7 Å². The summed E-state index contributed by atoms with van der Waals surface area (Å²) in [5.74, 6) is 0.0352. The number of rotatable bonds is 4. The minimum atomic E-state index is -3.74. The van der Waals surface area contributed by atoms with Gasteiger partial charge in [-0.1, -0.05) is 25.1 Å². The van der Waals surface area contributed by atoms with Crippen molar-refractivity contribution >= 4 is 32.3 Å². The molecule has 0 radical (unpaired) electrons. The molecule has 0 amide bonds. The van der Waals surface area contributed by atoms with Gasteiger partial charge in [-0.3, -0.25) is 4.72 Å². The van der Waals surface area contributed by atoms with Gasteiger partial charge in [-0.2, -0.15) is 0 Å². The molecule has 0 saturated carbocycles. The van der Waals surface area contributed by atoms with Crippen molar-refractivity contribution in [2.45, 2.75) is 31.1 Å². The van der Waals surface area contributed by atoms with Gasteiger partial charge in [-0.15, -0.1) is 11.3 Å². The summed E-state index contributed by atoms with van der Waals surface area (Å²) in [6, 6.07) is 8.13. The smallest absolute Gasteiger partial charge is 0.341 e. The lowest BCUT2D eigenvalue weighted by Gasteiger charge is -2.18. The summed E-state index contributed by atoms with van der Waals surface area (Å²) in [5.41, 5.74) is 1.29. The molecule has 0 saturated heterocycles. The second kappa shape index (κ2) is 6.57. The summed E-state index contributed by atoms with van der Waals surface area (Å²) < 4.78 is 32.6. The average molecular weight is 365 g/mol. The molecule has 1 N–H and O–H groups in total. The zero-order valence-electron chi connectivity index (χ0n) is 13.5. The van der Waals surface area contributed by atoms with Crippen LogP contribution in [0.3, 0.4) is 0 Å². The zero-order chi connectivity index (χ0) is 17.3. The van der Waals surface area contributed by atoms with E-state index in [0.29, 0.717) is 16.5 Å². The molecule has 1 atom stereocenters. The van der Waals surface area contributed by atoms with Gasteiger partial charge in [0.05, 0.1) is 17.6 Å². The molecular weight excluding hydrogens is 346 g/mol. The lowest BCUT2D eigenvalue weighted by Crippen LogP contribution is -2.16. The maximum Gasteiger partial charge on any atom is 0.341 e. The van der Waals surface area contributed by atoms with Gasteiger partial charge < -0.3 is 4.74 Å². The van der Waals surface area contributed by atoms with E-state index >= 15 is 0 Å². The minimum absolute atomic E-state index is 0.167. The fourth-order valence-electron chi connectivity index (χ4n) is 2.92. The molecule has 7 heteroatoms. The van der Waals surface area contributed by atoms with E-state index in [4.69, 9.17) is 4.74 Å². The van der Waals surface area contributed by atoms with Crippen LogP contribution in [0.1, 0.15) is 34.1 Å². The lowest BCUT2D eigenvalue weighted by atomic mass is 9.88. The zero-order valence-corrected chi connectivity index (χ0v) is 15.2. The minimum Gasteiger partial charge on any atom is -0.465 e. The van der Waals surface area contributed by atoms with E-state index in [9.17, 15) is 13.2 Å². The van der Waals surface area contributed by atoms with Crippen molar-refractivity contribution in [3.05, 3.63) is 46.3 Å². The van der Waals surface area contributed by atoms with E-state index in [1.165, 1.54) is 30.6 Å². The third kappa shape index (κ3) is 3.18. The maximum absolute atomic E-state index is 12.6. The van der Waals surface area contributed by atoms with Crippen LogP contribution in [0.2, 0.25) is 0 Å². The first-order chi connectivity index (χ1) is 11.4. The van der Waals surface area contributed by atoms with Gasteiger partial charge in [0.1, 0.15) is 5.00 Å². The highest BCUT2D eigenvalue weighted by Gasteiger charge is 2.30. The molecule has 5 nitrogen and oxygen atoms in total. The second-order valence-electron chi connectivity index (χ2n) is 5.97. The second-order valence-corrected chi connectivity index (χ2v) is 8.75. The molecule has 0 spiro atoms. The molecule has 1 aromatic carbocycles. The largest absolute Gasteiger partial charge is 0.465 e. The number of anilines is 1. The molecule has 1 heterocycles. The quantitative estimate of drug-likeness (QED) is 0.842. The van der Waals surface area contributed by atoms with Crippen LogP contribution in [-0.2, 0) is 27.6 Å². The molecule has 128 valence electrons. The van der Waals surface area contributed by atoms with Crippen molar-refractivity contribution in [2.24, 2.45) is 5.92 Å². The molecule has 0 fully saturated rings. The van der Waals surface area contributed by atoms with Crippen LogP contribution in [0.15, 0.2) is 35.2 Å². The number of carbonyl (C=O) groups is 1. The Bertz CT molecular complexity index is 856. The number of hydrogen-bond acceptors (Lipinski definition) is 5. The highest BCUT2D eigenvalue weighted by molar-refractivity contribution is 7.93. The average Bonchev–Trinajstić information content (AvgIpc) is 2.91. The van der Waals surface area contributed by atoms with Crippen LogP contribution in [0.4, 0.5) is 5.00 Å². The molecular formula is C17H19NO4S2. The van der Waals surface area contributed by atoms with E-state index < -0.39 is 16.0 Å². The summed E-state index contributed by atoms with van der Waals surface area (Å²) in [7, 11) is -2.43. The van der Waals surface area contributed by atoms with Crippen LogP contribution in [0, 0.1) is 5.92 Å². The van der Waals surface area contributed by atoms with E-state index in [1.807, 2.05) is 0 Å². The summed E-state index contributed by atoms with van der Waals surface area (Å²) in [4.78, 5) is 13.5. The Morgan fingerprint density at radius 2 is 2.00 bits per heavy atom. The van der Waals surface area contributed by atoms with Crippen molar-refractivity contribution in [1.82, 2.24) is 0 Å². The van der Waals surface area contributed by atoms with Crippen LogP contribution in [0.5, 0.6) is 0 Å². The van der Waals surface area contributed by atoms with Gasteiger partial charge in [-0.05, 0) is 42.9 Å². The molecule has 0 bridgehead atoms. The Labute approximate surface area is 145 Å². The molecule has 0 aliphatic heterocycles. The standard InChI is InChI=1S/C17H19NO4S2/c1-11-8-9-13-14(10-11)23-16(15(13)17(19)22-2)18-24(20,21)12-6-4-3-5-7-12/h3-7,11,18H,8-10H2,1-2H3/t11-/m0/s1. The lowest BCUT2D eigenvalue weighted by molar-refractivity contribution is 0.0601. The molecule has 1 aliphatic rings. The van der Waals surface area contributed by atoms with Gasteiger partial charge in [0.15, 0.2) is 0 Å². The monoisotopic (exact) mass is 365 g/mol. The Morgan fingerprint density at radius 3 is 2.67 bits per heavy atom. The normalized spacial score (nSPS) is 17.2. The van der Waals surface area contributed by atoms with Gasteiger partial charge in [-0.25, -0.2) is 13.2 Å². The summed E-state index contributed by atoms with van der Waals surface area (Å²) >= 11 is 1.34. The predicted molar refractivity (Wildman–Crippen MR) is 94.1 cm³/mol. The van der Waals surface area contributed by atoms with Crippen molar-refractivity contribution in [3.63, 3.8) is 0 Å². The first-order valence-corrected chi connectivity index (χ1v) is 10.0. The molecule has 0 unspecified atom stereocenters. The summed E-state index contributed by atoms with van der Waals surface area (Å²) in [5, 5.41) is 0.352. The highest BCUT2D eigenvalue weighted by Crippen LogP contribution is 2.40. The van der Waals surface area contributed by atoms with Crippen molar-refractivity contribution in [3.8, 4) is 0 Å². The maximum atomic E-state index is 12.6. The molecule has 2 aromatic rings. The van der Waals surface area contributed by atoms with Crippen molar-refractivity contribution < 1.29 is 17.9 Å².